The second-order valence-corrected chi connectivity index (χ2v) is 4.91. The van der Waals surface area contributed by atoms with Crippen LogP contribution in [0.15, 0.2) is 37.1 Å². The molecule has 0 radical (unpaired) electrons. The number of imidazole rings is 1. The van der Waals surface area contributed by atoms with Gasteiger partial charge in [-0.1, -0.05) is 0 Å². The van der Waals surface area contributed by atoms with Gasteiger partial charge in [0.25, 0.3) is 0 Å². The quantitative estimate of drug-likeness (QED) is 0.572. The van der Waals surface area contributed by atoms with Crippen molar-refractivity contribution in [3.63, 3.8) is 0 Å². The van der Waals surface area contributed by atoms with Crippen LogP contribution in [0.5, 0.6) is 0 Å². The molecule has 3 heterocycles. The number of benzene rings is 1. The molecule has 7 nitrogen and oxygen atoms in total. The molecular weight excluding hydrogens is 268 g/mol. The Morgan fingerprint density at radius 1 is 1.38 bits per heavy atom. The van der Waals surface area contributed by atoms with Gasteiger partial charge >= 0.3 is 0 Å². The second kappa shape index (κ2) is 4.27. The fraction of sp³-hybridized carbons (Fsp3) is 0.143. The Hall–Kier alpha value is -2.96. The smallest absolute Gasteiger partial charge is 0.221 e. The molecule has 0 fully saturated rings. The van der Waals surface area contributed by atoms with Crippen LogP contribution in [0.3, 0.4) is 0 Å². The first-order valence-corrected chi connectivity index (χ1v) is 6.54. The van der Waals surface area contributed by atoms with Crippen LogP contribution < -0.4 is 5.32 Å². The zero-order chi connectivity index (χ0) is 14.4. The van der Waals surface area contributed by atoms with Gasteiger partial charge in [0, 0.05) is 18.2 Å². The van der Waals surface area contributed by atoms with Crippen molar-refractivity contribution >= 4 is 11.6 Å². The van der Waals surface area contributed by atoms with Gasteiger partial charge in [-0.25, -0.2) is 14.6 Å². The molecule has 1 aliphatic heterocycles. The maximum atomic E-state index is 11.2. The summed E-state index contributed by atoms with van der Waals surface area (Å²) in [6.45, 7) is 2.10. The van der Waals surface area contributed by atoms with Gasteiger partial charge < -0.3 is 9.88 Å². The van der Waals surface area contributed by atoms with Crippen molar-refractivity contribution in [2.24, 2.45) is 0 Å². The molecule has 0 aliphatic carbocycles. The summed E-state index contributed by atoms with van der Waals surface area (Å²) in [5.41, 5.74) is 3.65. The minimum Gasteiger partial charge on any atom is -0.326 e. The third-order valence-corrected chi connectivity index (χ3v) is 3.46. The zero-order valence-corrected chi connectivity index (χ0v) is 11.3. The average Bonchev–Trinajstić information content (AvgIpc) is 3.06. The molecule has 4 rings (SSSR count). The lowest BCUT2D eigenvalue weighted by molar-refractivity contribution is -0.114. The van der Waals surface area contributed by atoms with E-state index in [1.807, 2.05) is 33.6 Å². The van der Waals surface area contributed by atoms with Crippen LogP contribution in [-0.2, 0) is 11.3 Å². The summed E-state index contributed by atoms with van der Waals surface area (Å²) in [5.74, 6) is 0.709. The highest BCUT2D eigenvalue weighted by Gasteiger charge is 2.20. The number of carbonyl (C=O) groups excluding carboxylic acids is 1. The normalized spacial score (nSPS) is 12.0. The Labute approximate surface area is 120 Å². The summed E-state index contributed by atoms with van der Waals surface area (Å²) >= 11 is 0. The van der Waals surface area contributed by atoms with Crippen LogP contribution in [-0.4, -0.2) is 30.2 Å². The van der Waals surface area contributed by atoms with E-state index in [0.29, 0.717) is 6.54 Å². The van der Waals surface area contributed by atoms with E-state index < -0.39 is 0 Å². The topological polar surface area (TPSA) is 77.6 Å². The Kier molecular flexibility index (Phi) is 2.41. The highest BCUT2D eigenvalue weighted by Crippen LogP contribution is 2.31. The molecule has 21 heavy (non-hydrogen) atoms. The van der Waals surface area contributed by atoms with Gasteiger partial charge in [0.05, 0.1) is 30.5 Å². The Bertz CT molecular complexity index is 847. The Morgan fingerprint density at radius 2 is 2.29 bits per heavy atom. The summed E-state index contributed by atoms with van der Waals surface area (Å²) < 4.78 is 3.84. The summed E-state index contributed by atoms with van der Waals surface area (Å²) in [5, 5.41) is 7.06. The minimum absolute atomic E-state index is 0.0995. The van der Waals surface area contributed by atoms with Gasteiger partial charge in [-0.15, -0.1) is 0 Å². The number of hydrogen-bond donors (Lipinski definition) is 1. The van der Waals surface area contributed by atoms with Crippen molar-refractivity contribution in [3.05, 3.63) is 42.7 Å². The number of amides is 1. The van der Waals surface area contributed by atoms with E-state index in [2.05, 4.69) is 20.4 Å². The maximum Gasteiger partial charge on any atom is 0.221 e. The molecule has 1 amide bonds. The summed E-state index contributed by atoms with van der Waals surface area (Å²) in [6.07, 6.45) is 5.12. The SMILES string of the molecule is CC(=O)Nc1ccc2c(c1)-n1cncc1Cn1ncnc1-2. The number of fused-ring (bicyclic) bond motifs is 5. The molecular formula is C14H12N6O. The van der Waals surface area contributed by atoms with Crippen molar-refractivity contribution in [3.8, 4) is 17.1 Å². The molecule has 0 bridgehead atoms. The molecule has 1 aromatic carbocycles. The molecule has 0 spiro atoms. The van der Waals surface area contributed by atoms with Gasteiger partial charge in [0.15, 0.2) is 5.82 Å². The molecule has 0 saturated heterocycles. The Balaban J connectivity index is 1.97. The lowest BCUT2D eigenvalue weighted by Crippen LogP contribution is -2.07. The third-order valence-electron chi connectivity index (χ3n) is 3.46. The fourth-order valence-electron chi connectivity index (χ4n) is 2.60. The first-order chi connectivity index (χ1) is 10.2. The largest absolute Gasteiger partial charge is 0.326 e. The molecule has 3 aromatic rings. The second-order valence-electron chi connectivity index (χ2n) is 4.91. The van der Waals surface area contributed by atoms with Crippen molar-refractivity contribution < 1.29 is 4.79 Å². The number of anilines is 1. The molecule has 2 aromatic heterocycles. The van der Waals surface area contributed by atoms with Crippen LogP contribution in [0.2, 0.25) is 0 Å². The van der Waals surface area contributed by atoms with Crippen LogP contribution in [0.4, 0.5) is 5.69 Å². The average molecular weight is 280 g/mol. The van der Waals surface area contributed by atoms with E-state index in [9.17, 15) is 4.79 Å². The van der Waals surface area contributed by atoms with Crippen molar-refractivity contribution in [1.82, 2.24) is 24.3 Å². The lowest BCUT2D eigenvalue weighted by atomic mass is 10.1. The molecule has 0 saturated carbocycles. The maximum absolute atomic E-state index is 11.2. The number of hydrogen-bond acceptors (Lipinski definition) is 4. The number of rotatable bonds is 1. The molecule has 1 aliphatic rings. The molecule has 104 valence electrons. The van der Waals surface area contributed by atoms with Crippen LogP contribution in [0.1, 0.15) is 12.6 Å². The van der Waals surface area contributed by atoms with Gasteiger partial charge in [-0.05, 0) is 18.2 Å². The van der Waals surface area contributed by atoms with Crippen molar-refractivity contribution in [2.75, 3.05) is 5.32 Å². The fourth-order valence-corrected chi connectivity index (χ4v) is 2.60. The number of nitrogens with one attached hydrogen (secondary N) is 1. The molecule has 1 N–H and O–H groups in total. The van der Waals surface area contributed by atoms with Crippen molar-refractivity contribution in [2.45, 2.75) is 13.5 Å². The summed E-state index contributed by atoms with van der Waals surface area (Å²) in [4.78, 5) is 19.8. The van der Waals surface area contributed by atoms with E-state index in [1.54, 1.807) is 12.7 Å². The van der Waals surface area contributed by atoms with E-state index >= 15 is 0 Å². The van der Waals surface area contributed by atoms with Gasteiger partial charge in [-0.2, -0.15) is 5.10 Å². The molecule has 7 heteroatoms. The lowest BCUT2D eigenvalue weighted by Gasteiger charge is -2.11. The van der Waals surface area contributed by atoms with Gasteiger partial charge in [0.1, 0.15) is 6.33 Å². The van der Waals surface area contributed by atoms with Gasteiger partial charge in [0.2, 0.25) is 5.91 Å². The van der Waals surface area contributed by atoms with Gasteiger partial charge in [-0.3, -0.25) is 4.79 Å². The monoisotopic (exact) mass is 280 g/mol. The summed E-state index contributed by atoms with van der Waals surface area (Å²) in [6, 6.07) is 5.73. The van der Waals surface area contributed by atoms with E-state index in [0.717, 1.165) is 28.5 Å². The first-order valence-electron chi connectivity index (χ1n) is 6.54. The third kappa shape index (κ3) is 1.82. The standard InChI is InChI=1S/C14H12N6O/c1-9(21)18-10-2-3-12-13(4-10)19-8-15-5-11(19)6-20-14(12)16-7-17-20/h2-5,7-8H,6H2,1H3,(H,18,21). The van der Waals surface area contributed by atoms with Crippen molar-refractivity contribution in [1.29, 1.82) is 0 Å². The minimum atomic E-state index is -0.0995. The molecule has 0 unspecified atom stereocenters. The zero-order valence-electron chi connectivity index (χ0n) is 11.3. The predicted octanol–water partition coefficient (Wildman–Crippen LogP) is 1.45. The summed E-state index contributed by atoms with van der Waals surface area (Å²) in [7, 11) is 0. The molecule has 0 atom stereocenters. The number of nitrogens with zero attached hydrogens (tertiary/aromatic N) is 5. The van der Waals surface area contributed by atoms with E-state index in [4.69, 9.17) is 0 Å². The number of carbonyl (C=O) groups is 1. The highest BCUT2D eigenvalue weighted by molar-refractivity contribution is 5.90. The van der Waals surface area contributed by atoms with Crippen LogP contribution >= 0.6 is 0 Å². The van der Waals surface area contributed by atoms with Crippen LogP contribution in [0, 0.1) is 0 Å². The first kappa shape index (κ1) is 11.8. The van der Waals surface area contributed by atoms with E-state index in [1.165, 1.54) is 6.92 Å². The number of aromatic nitrogens is 5. The highest BCUT2D eigenvalue weighted by atomic mass is 16.1. The predicted molar refractivity (Wildman–Crippen MR) is 76.0 cm³/mol. The Morgan fingerprint density at radius 3 is 3.14 bits per heavy atom. The van der Waals surface area contributed by atoms with E-state index in [-0.39, 0.29) is 5.91 Å². The van der Waals surface area contributed by atoms with Crippen LogP contribution in [0.25, 0.3) is 17.1 Å².